The van der Waals surface area contributed by atoms with Crippen molar-refractivity contribution in [1.82, 2.24) is 4.98 Å². The first-order valence-electron chi connectivity index (χ1n) is 7.97. The molecule has 1 amide bonds. The van der Waals surface area contributed by atoms with Gasteiger partial charge >= 0.3 is 0 Å². The van der Waals surface area contributed by atoms with Crippen LogP contribution in [0.2, 0.25) is 0 Å². The maximum Gasteiger partial charge on any atom is 0.248 e. The molecule has 4 nitrogen and oxygen atoms in total. The summed E-state index contributed by atoms with van der Waals surface area (Å²) in [6, 6.07) is 18.5. The number of nitrogens with one attached hydrogen (secondary N) is 2. The number of carbonyl (C=O) groups is 1. The molecule has 2 aromatic carbocycles. The summed E-state index contributed by atoms with van der Waals surface area (Å²) in [5.74, 6) is -0.925. The van der Waals surface area contributed by atoms with Gasteiger partial charge in [-0.1, -0.05) is 36.4 Å². The molecule has 128 valence electrons. The summed E-state index contributed by atoms with van der Waals surface area (Å²) in [6.45, 7) is 0. The van der Waals surface area contributed by atoms with Crippen molar-refractivity contribution in [1.29, 1.82) is 5.41 Å². The minimum absolute atomic E-state index is 0.185. The topological polar surface area (TPSA) is 65.8 Å². The fourth-order valence-corrected chi connectivity index (χ4v) is 2.40. The van der Waals surface area contributed by atoms with Crippen molar-refractivity contribution in [3.05, 3.63) is 102 Å². The van der Waals surface area contributed by atoms with Gasteiger partial charge in [0.05, 0.1) is 11.4 Å². The molecule has 0 unspecified atom stereocenters. The van der Waals surface area contributed by atoms with Crippen LogP contribution >= 0.6 is 0 Å². The van der Waals surface area contributed by atoms with Crippen molar-refractivity contribution in [3.8, 4) is 0 Å². The zero-order chi connectivity index (χ0) is 18.4. The highest BCUT2D eigenvalue weighted by molar-refractivity contribution is 6.11. The highest BCUT2D eigenvalue weighted by Crippen LogP contribution is 2.17. The quantitative estimate of drug-likeness (QED) is 0.535. The molecule has 2 N–H and O–H groups in total. The molecule has 5 heteroatoms. The van der Waals surface area contributed by atoms with Crippen LogP contribution in [0.25, 0.3) is 6.08 Å². The molecule has 0 atom stereocenters. The number of benzene rings is 2. The molecule has 3 rings (SSSR count). The van der Waals surface area contributed by atoms with E-state index in [0.717, 1.165) is 0 Å². The summed E-state index contributed by atoms with van der Waals surface area (Å²) in [6.07, 6.45) is 4.53. The van der Waals surface area contributed by atoms with Crippen molar-refractivity contribution in [2.24, 2.45) is 0 Å². The molecule has 3 aromatic rings. The van der Waals surface area contributed by atoms with Crippen molar-refractivity contribution < 1.29 is 9.18 Å². The summed E-state index contributed by atoms with van der Waals surface area (Å²) >= 11 is 0. The largest absolute Gasteiger partial charge is 0.322 e. The Bertz CT molecular complexity index is 954. The highest BCUT2D eigenvalue weighted by Gasteiger charge is 2.09. The van der Waals surface area contributed by atoms with Crippen LogP contribution < -0.4 is 5.32 Å². The average Bonchev–Trinajstić information content (AvgIpc) is 2.67. The van der Waals surface area contributed by atoms with Gasteiger partial charge in [0.2, 0.25) is 5.91 Å². The molecule has 26 heavy (non-hydrogen) atoms. The first-order valence-corrected chi connectivity index (χ1v) is 7.97. The Kier molecular flexibility index (Phi) is 5.29. The number of hydrogen-bond donors (Lipinski definition) is 2. The zero-order valence-electron chi connectivity index (χ0n) is 13.8. The second-order valence-corrected chi connectivity index (χ2v) is 5.55. The van der Waals surface area contributed by atoms with Crippen LogP contribution in [-0.2, 0) is 4.79 Å². The van der Waals surface area contributed by atoms with Gasteiger partial charge < -0.3 is 5.32 Å². The molecule has 1 heterocycles. The number of pyridine rings is 1. The van der Waals surface area contributed by atoms with Crippen LogP contribution in [0.1, 0.15) is 16.8 Å². The van der Waals surface area contributed by atoms with Gasteiger partial charge in [-0.2, -0.15) is 0 Å². The maximum absolute atomic E-state index is 13.9. The third kappa shape index (κ3) is 4.48. The van der Waals surface area contributed by atoms with Gasteiger partial charge in [-0.15, -0.1) is 0 Å². The highest BCUT2D eigenvalue weighted by atomic mass is 19.1. The van der Waals surface area contributed by atoms with E-state index < -0.39 is 11.7 Å². The summed E-state index contributed by atoms with van der Waals surface area (Å²) in [4.78, 5) is 16.1. The molecule has 0 saturated heterocycles. The van der Waals surface area contributed by atoms with Crippen LogP contribution in [0, 0.1) is 11.2 Å². The van der Waals surface area contributed by atoms with Gasteiger partial charge in [-0.3, -0.25) is 15.2 Å². The monoisotopic (exact) mass is 345 g/mol. The lowest BCUT2D eigenvalue weighted by Gasteiger charge is -2.08. The molecule has 0 spiro atoms. The Labute approximate surface area is 150 Å². The Balaban J connectivity index is 1.76. The van der Waals surface area contributed by atoms with Crippen molar-refractivity contribution >= 4 is 23.4 Å². The first-order chi connectivity index (χ1) is 12.6. The molecule has 0 bridgehead atoms. The predicted octanol–water partition coefficient (Wildman–Crippen LogP) is 4.29. The van der Waals surface area contributed by atoms with Crippen LogP contribution in [0.5, 0.6) is 0 Å². The lowest BCUT2D eigenvalue weighted by molar-refractivity contribution is -0.111. The van der Waals surface area contributed by atoms with E-state index in [1.807, 2.05) is 24.3 Å². The lowest BCUT2D eigenvalue weighted by atomic mass is 10.0. The summed E-state index contributed by atoms with van der Waals surface area (Å²) in [7, 11) is 0. The maximum atomic E-state index is 13.9. The summed E-state index contributed by atoms with van der Waals surface area (Å²) in [5, 5.41) is 10.8. The van der Waals surface area contributed by atoms with E-state index in [4.69, 9.17) is 5.41 Å². The minimum atomic E-state index is -0.521. The Hall–Kier alpha value is -3.60. The Morgan fingerprint density at radius 2 is 1.77 bits per heavy atom. The molecule has 0 saturated carbocycles. The second kappa shape index (κ2) is 7.98. The van der Waals surface area contributed by atoms with E-state index in [2.05, 4.69) is 10.3 Å². The zero-order valence-corrected chi connectivity index (χ0v) is 13.8. The number of rotatable bonds is 5. The summed E-state index contributed by atoms with van der Waals surface area (Å²) < 4.78 is 13.9. The molecular weight excluding hydrogens is 329 g/mol. The molecule has 0 aliphatic heterocycles. The van der Waals surface area contributed by atoms with Crippen molar-refractivity contribution in [2.75, 3.05) is 5.32 Å². The molecular formula is C21H16FN3O. The van der Waals surface area contributed by atoms with E-state index in [0.29, 0.717) is 16.8 Å². The molecule has 0 fully saturated rings. The first kappa shape index (κ1) is 17.2. The lowest BCUT2D eigenvalue weighted by Crippen LogP contribution is -2.10. The third-order valence-electron chi connectivity index (χ3n) is 3.61. The minimum Gasteiger partial charge on any atom is -0.322 e. The second-order valence-electron chi connectivity index (χ2n) is 5.55. The Morgan fingerprint density at radius 3 is 2.50 bits per heavy atom. The van der Waals surface area contributed by atoms with Crippen molar-refractivity contribution in [2.45, 2.75) is 0 Å². The average molecular weight is 345 g/mol. The smallest absolute Gasteiger partial charge is 0.248 e. The van der Waals surface area contributed by atoms with E-state index >= 15 is 0 Å². The molecule has 0 aliphatic rings. The molecule has 0 radical (unpaired) electrons. The van der Waals surface area contributed by atoms with Gasteiger partial charge in [0.15, 0.2) is 0 Å². The number of halogens is 1. The number of carbonyl (C=O) groups excluding carboxylic acids is 1. The SMILES string of the molecule is N=C(c1ccccc1)c1cc(F)cc(NC(=O)/C=C/c2ccccn2)c1. The van der Waals surface area contributed by atoms with Gasteiger partial charge in [-0.25, -0.2) is 4.39 Å². The van der Waals surface area contributed by atoms with Gasteiger partial charge in [-0.05, 0) is 42.0 Å². The number of hydrogen-bond acceptors (Lipinski definition) is 3. The molecule has 0 aliphatic carbocycles. The standard InChI is InChI=1S/C21H16FN3O/c22-17-12-16(21(23)15-6-2-1-3-7-15)13-19(14-17)25-20(26)10-9-18-8-4-5-11-24-18/h1-14,23H,(H,25,26)/b10-9+,23-21?. The van der Waals surface area contributed by atoms with Crippen LogP contribution in [0.15, 0.2) is 79.0 Å². The molecule has 1 aromatic heterocycles. The number of nitrogens with zero attached hydrogens (tertiary/aromatic N) is 1. The third-order valence-corrected chi connectivity index (χ3v) is 3.61. The predicted molar refractivity (Wildman–Crippen MR) is 101 cm³/mol. The van der Waals surface area contributed by atoms with Gasteiger partial charge in [0.1, 0.15) is 5.82 Å². The van der Waals surface area contributed by atoms with E-state index in [1.54, 1.807) is 42.6 Å². The van der Waals surface area contributed by atoms with Crippen LogP contribution in [0.3, 0.4) is 0 Å². The number of anilines is 1. The Morgan fingerprint density at radius 1 is 1.00 bits per heavy atom. The van der Waals surface area contributed by atoms with Crippen LogP contribution in [0.4, 0.5) is 10.1 Å². The fourth-order valence-electron chi connectivity index (χ4n) is 2.40. The van der Waals surface area contributed by atoms with E-state index in [-0.39, 0.29) is 11.4 Å². The van der Waals surface area contributed by atoms with E-state index in [1.165, 1.54) is 18.2 Å². The van der Waals surface area contributed by atoms with Crippen molar-refractivity contribution in [3.63, 3.8) is 0 Å². The summed E-state index contributed by atoms with van der Waals surface area (Å²) in [5.41, 5.74) is 2.18. The van der Waals surface area contributed by atoms with Gasteiger partial charge in [0.25, 0.3) is 0 Å². The van der Waals surface area contributed by atoms with Crippen LogP contribution in [-0.4, -0.2) is 16.6 Å². The van der Waals surface area contributed by atoms with Gasteiger partial charge in [0, 0.05) is 23.5 Å². The normalized spacial score (nSPS) is 10.7. The number of aromatic nitrogens is 1. The fraction of sp³-hybridized carbons (Fsp3) is 0. The van der Waals surface area contributed by atoms with E-state index in [9.17, 15) is 9.18 Å². The number of amides is 1.